The van der Waals surface area contributed by atoms with E-state index in [0.29, 0.717) is 16.9 Å². The van der Waals surface area contributed by atoms with Crippen molar-refractivity contribution in [2.45, 2.75) is 58.4 Å². The van der Waals surface area contributed by atoms with Gasteiger partial charge < -0.3 is 9.30 Å². The van der Waals surface area contributed by atoms with E-state index in [4.69, 9.17) is 4.74 Å². The Labute approximate surface area is 181 Å². The van der Waals surface area contributed by atoms with E-state index in [9.17, 15) is 18.0 Å². The number of ether oxygens (including phenoxy) is 1. The van der Waals surface area contributed by atoms with Crippen LogP contribution in [0.1, 0.15) is 73.6 Å². The molecule has 3 heterocycles. The Morgan fingerprint density at radius 3 is 2.67 bits per heavy atom. The summed E-state index contributed by atoms with van der Waals surface area (Å²) in [6.45, 7) is 3.39. The van der Waals surface area contributed by atoms with Crippen molar-refractivity contribution in [2.24, 2.45) is 0 Å². The highest BCUT2D eigenvalue weighted by molar-refractivity contribution is 7.91. The minimum absolute atomic E-state index is 0.106. The molecule has 0 radical (unpaired) electrons. The lowest BCUT2D eigenvalue weighted by molar-refractivity contribution is 0.0479. The van der Waals surface area contributed by atoms with Gasteiger partial charge in [0, 0.05) is 27.9 Å². The summed E-state index contributed by atoms with van der Waals surface area (Å²) in [7, 11) is -3.02. The van der Waals surface area contributed by atoms with Crippen LogP contribution in [-0.2, 0) is 27.4 Å². The first kappa shape index (κ1) is 21.3. The molecule has 0 bridgehead atoms. The average Bonchev–Trinajstić information content (AvgIpc) is 3.29. The highest BCUT2D eigenvalue weighted by Crippen LogP contribution is 2.31. The highest BCUT2D eigenvalue weighted by atomic mass is 32.2. The maximum absolute atomic E-state index is 12.7. The summed E-state index contributed by atoms with van der Waals surface area (Å²) in [5.41, 5.74) is 3.32. The molecule has 1 saturated heterocycles. The maximum atomic E-state index is 12.7. The van der Waals surface area contributed by atoms with E-state index in [0.717, 1.165) is 37.1 Å². The number of nitrogens with zero attached hydrogens (tertiary/aromatic N) is 1. The van der Waals surface area contributed by atoms with Crippen molar-refractivity contribution in [3.05, 3.63) is 44.4 Å². The van der Waals surface area contributed by atoms with Crippen molar-refractivity contribution in [1.82, 2.24) is 4.57 Å². The fourth-order valence-electron chi connectivity index (χ4n) is 4.65. The Hall–Kier alpha value is -1.93. The molecule has 0 saturated carbocycles. The number of Topliss-reactive ketones (excluding diaryl/α,β-unsaturated/α-hetero) is 1. The van der Waals surface area contributed by atoms with E-state index in [2.05, 4.69) is 0 Å². The highest BCUT2D eigenvalue weighted by Gasteiger charge is 2.32. The zero-order chi connectivity index (χ0) is 21.5. The fourth-order valence-corrected chi connectivity index (χ4v) is 7.50. The van der Waals surface area contributed by atoms with Crippen LogP contribution in [0.25, 0.3) is 0 Å². The lowest BCUT2D eigenvalue weighted by atomic mass is 10.1. The minimum Gasteiger partial charge on any atom is -0.453 e. The number of aryl methyl sites for hydroxylation is 3. The van der Waals surface area contributed by atoms with Crippen molar-refractivity contribution in [2.75, 3.05) is 18.1 Å². The molecule has 1 fully saturated rings. The molecule has 8 heteroatoms. The molecule has 2 aromatic heterocycles. The molecule has 1 atom stereocenters. The van der Waals surface area contributed by atoms with Crippen molar-refractivity contribution in [3.8, 4) is 0 Å². The molecular formula is C22H27NO5S2. The van der Waals surface area contributed by atoms with E-state index < -0.39 is 15.8 Å². The van der Waals surface area contributed by atoms with Crippen LogP contribution >= 0.6 is 11.3 Å². The number of carbonyl (C=O) groups excluding carboxylic acids is 2. The molecule has 2 aliphatic rings. The van der Waals surface area contributed by atoms with Gasteiger partial charge in [0.05, 0.1) is 11.5 Å². The van der Waals surface area contributed by atoms with Gasteiger partial charge in [0.15, 0.2) is 16.4 Å². The molecule has 2 aromatic rings. The number of fused-ring (bicyclic) bond motifs is 1. The summed E-state index contributed by atoms with van der Waals surface area (Å²) in [6, 6.07) is 3.55. The molecule has 0 spiro atoms. The Kier molecular flexibility index (Phi) is 5.90. The number of thiophene rings is 1. The van der Waals surface area contributed by atoms with Crippen LogP contribution in [0.4, 0.5) is 0 Å². The molecule has 6 nitrogen and oxygen atoms in total. The summed E-state index contributed by atoms with van der Waals surface area (Å²) in [6.07, 6.45) is 6.09. The summed E-state index contributed by atoms with van der Waals surface area (Å²) in [4.78, 5) is 27.1. The predicted molar refractivity (Wildman–Crippen MR) is 116 cm³/mol. The van der Waals surface area contributed by atoms with Crippen LogP contribution in [0.5, 0.6) is 0 Å². The van der Waals surface area contributed by atoms with Crippen LogP contribution in [0, 0.1) is 13.8 Å². The second-order valence-corrected chi connectivity index (χ2v) is 11.7. The first-order valence-corrected chi connectivity index (χ1v) is 13.1. The van der Waals surface area contributed by atoms with E-state index in [1.54, 1.807) is 6.07 Å². The Morgan fingerprint density at radius 1 is 1.17 bits per heavy atom. The quantitative estimate of drug-likeness (QED) is 0.394. The minimum atomic E-state index is -3.02. The molecule has 30 heavy (non-hydrogen) atoms. The average molecular weight is 450 g/mol. The number of rotatable bonds is 5. The van der Waals surface area contributed by atoms with Crippen molar-refractivity contribution < 1.29 is 22.7 Å². The second-order valence-electron chi connectivity index (χ2n) is 8.33. The first-order valence-electron chi connectivity index (χ1n) is 10.5. The number of sulfone groups is 1. The van der Waals surface area contributed by atoms with Crippen LogP contribution < -0.4 is 0 Å². The number of hydrogen-bond donors (Lipinski definition) is 0. The van der Waals surface area contributed by atoms with Gasteiger partial charge in [-0.2, -0.15) is 0 Å². The molecule has 162 valence electrons. The van der Waals surface area contributed by atoms with Gasteiger partial charge >= 0.3 is 5.97 Å². The van der Waals surface area contributed by atoms with Gasteiger partial charge in [-0.25, -0.2) is 13.2 Å². The summed E-state index contributed by atoms with van der Waals surface area (Å²) in [5, 5.41) is 0. The predicted octanol–water partition coefficient (Wildman–Crippen LogP) is 3.83. The third-order valence-corrected chi connectivity index (χ3v) is 9.11. The largest absolute Gasteiger partial charge is 0.453 e. The van der Waals surface area contributed by atoms with Crippen LogP contribution in [-0.4, -0.2) is 42.9 Å². The molecule has 1 unspecified atom stereocenters. The standard InChI is InChI=1S/C22H27NO5S2/c1-14-10-18(15(2)23(14)17-8-9-30(26,27)13-17)19(24)12-28-22(25)21-11-16-6-4-3-5-7-20(16)29-21/h10-11,17H,3-9,12-13H2,1-2H3. The first-order chi connectivity index (χ1) is 14.2. The monoisotopic (exact) mass is 449 g/mol. The fraction of sp³-hybridized carbons (Fsp3) is 0.545. The zero-order valence-electron chi connectivity index (χ0n) is 17.4. The van der Waals surface area contributed by atoms with Crippen LogP contribution in [0.3, 0.4) is 0 Å². The molecular weight excluding hydrogens is 422 g/mol. The third kappa shape index (κ3) is 4.25. The van der Waals surface area contributed by atoms with Gasteiger partial charge in [-0.15, -0.1) is 11.3 Å². The van der Waals surface area contributed by atoms with Crippen LogP contribution in [0.15, 0.2) is 12.1 Å². The van der Waals surface area contributed by atoms with Gasteiger partial charge in [0.1, 0.15) is 4.88 Å². The normalized spacial score (nSPS) is 20.5. The number of esters is 1. The van der Waals surface area contributed by atoms with E-state index >= 15 is 0 Å². The van der Waals surface area contributed by atoms with E-state index in [1.165, 1.54) is 28.2 Å². The molecule has 1 aliphatic heterocycles. The molecule has 0 N–H and O–H groups in total. The van der Waals surface area contributed by atoms with Gasteiger partial charge in [0.25, 0.3) is 0 Å². The van der Waals surface area contributed by atoms with Crippen molar-refractivity contribution in [3.63, 3.8) is 0 Å². The van der Waals surface area contributed by atoms with Gasteiger partial charge in [-0.1, -0.05) is 6.42 Å². The van der Waals surface area contributed by atoms with E-state index in [1.807, 2.05) is 24.5 Å². The molecule has 0 aromatic carbocycles. The van der Waals surface area contributed by atoms with Crippen LogP contribution in [0.2, 0.25) is 0 Å². The number of hydrogen-bond acceptors (Lipinski definition) is 6. The van der Waals surface area contributed by atoms with Crippen molar-refractivity contribution >= 4 is 32.9 Å². The molecule has 4 rings (SSSR count). The smallest absolute Gasteiger partial charge is 0.348 e. The Balaban J connectivity index is 1.43. The SMILES string of the molecule is Cc1cc(C(=O)COC(=O)c2cc3c(s2)CCCCC3)c(C)n1C1CCS(=O)(=O)C1. The van der Waals surface area contributed by atoms with Gasteiger partial charge in [0.2, 0.25) is 5.78 Å². The second kappa shape index (κ2) is 8.30. The molecule has 0 amide bonds. The van der Waals surface area contributed by atoms with Gasteiger partial charge in [-0.3, -0.25) is 4.79 Å². The lowest BCUT2D eigenvalue weighted by Crippen LogP contribution is -2.16. The summed E-state index contributed by atoms with van der Waals surface area (Å²) in [5.74, 6) is -0.422. The summed E-state index contributed by atoms with van der Waals surface area (Å²) >= 11 is 1.48. The summed E-state index contributed by atoms with van der Waals surface area (Å²) < 4.78 is 31.0. The topological polar surface area (TPSA) is 82.4 Å². The number of aromatic nitrogens is 1. The lowest BCUT2D eigenvalue weighted by Gasteiger charge is -2.16. The maximum Gasteiger partial charge on any atom is 0.348 e. The third-order valence-electron chi connectivity index (χ3n) is 6.14. The Bertz CT molecular complexity index is 1070. The van der Waals surface area contributed by atoms with Gasteiger partial charge in [-0.05, 0) is 63.6 Å². The Morgan fingerprint density at radius 2 is 1.93 bits per heavy atom. The number of carbonyl (C=O) groups is 2. The van der Waals surface area contributed by atoms with E-state index in [-0.39, 0.29) is 29.9 Å². The molecule has 1 aliphatic carbocycles. The zero-order valence-corrected chi connectivity index (χ0v) is 19.0. The van der Waals surface area contributed by atoms with Crippen molar-refractivity contribution in [1.29, 1.82) is 0 Å². The number of ketones is 1.